The molecular weight excluding hydrogens is 366 g/mol. The van der Waals surface area contributed by atoms with E-state index in [1.54, 1.807) is 11.3 Å². The Labute approximate surface area is 161 Å². The lowest BCUT2D eigenvalue weighted by Gasteiger charge is -2.19. The molecule has 2 N–H and O–H groups in total. The molecule has 3 aromatic rings. The first-order chi connectivity index (χ1) is 12.6. The molecule has 0 aliphatic carbocycles. The van der Waals surface area contributed by atoms with Crippen LogP contribution in [0.4, 0.5) is 5.69 Å². The molecule has 0 radical (unpaired) electrons. The van der Waals surface area contributed by atoms with Crippen LogP contribution in [0.5, 0.6) is 0 Å². The minimum Gasteiger partial charge on any atom is -0.321 e. The van der Waals surface area contributed by atoms with Gasteiger partial charge in [0, 0.05) is 23.6 Å². The summed E-state index contributed by atoms with van der Waals surface area (Å²) in [7, 11) is 0. The lowest BCUT2D eigenvalue weighted by Crippen LogP contribution is -3.11. The molecule has 1 saturated heterocycles. The fourth-order valence-corrected chi connectivity index (χ4v) is 4.94. The van der Waals surface area contributed by atoms with E-state index in [1.165, 1.54) is 9.60 Å². The predicted molar refractivity (Wildman–Crippen MR) is 107 cm³/mol. The Morgan fingerprint density at radius 1 is 1.31 bits per heavy atom. The number of amides is 1. The number of nitrogens with one attached hydrogen (secondary N) is 2. The third-order valence-electron chi connectivity index (χ3n) is 5.02. The number of fused-ring (bicyclic) bond motifs is 1. The maximum atomic E-state index is 12.6. The van der Waals surface area contributed by atoms with Crippen LogP contribution in [0.25, 0.3) is 10.2 Å². The van der Waals surface area contributed by atoms with Crippen LogP contribution in [0.1, 0.15) is 29.5 Å². The standard InChI is InChI=1S/C20H20ClN3OS/c1-13-14(21)6-4-8-15(13)22-19(25)12-24-11-5-9-17(24)20-23-16-7-2-3-10-18(16)26-20/h2-4,6-8,10,17H,5,9,11-12H2,1H3,(H,22,25)/p+1/t17-/m0/s1. The van der Waals surface area contributed by atoms with Gasteiger partial charge >= 0.3 is 0 Å². The van der Waals surface area contributed by atoms with Crippen molar-refractivity contribution < 1.29 is 9.69 Å². The third kappa shape index (κ3) is 3.47. The van der Waals surface area contributed by atoms with Crippen molar-refractivity contribution in [2.45, 2.75) is 25.8 Å². The number of carbonyl (C=O) groups excluding carboxylic acids is 1. The zero-order valence-corrected chi connectivity index (χ0v) is 16.2. The Balaban J connectivity index is 1.48. The van der Waals surface area contributed by atoms with Crippen LogP contribution >= 0.6 is 22.9 Å². The Bertz CT molecular complexity index is 922. The molecule has 26 heavy (non-hydrogen) atoms. The first kappa shape index (κ1) is 17.5. The van der Waals surface area contributed by atoms with E-state index < -0.39 is 0 Å². The van der Waals surface area contributed by atoms with Gasteiger partial charge in [-0.2, -0.15) is 0 Å². The van der Waals surface area contributed by atoms with Crippen molar-refractivity contribution in [3.63, 3.8) is 0 Å². The number of nitrogens with zero attached hydrogens (tertiary/aromatic N) is 1. The smallest absolute Gasteiger partial charge is 0.279 e. The Morgan fingerprint density at radius 3 is 3.00 bits per heavy atom. The fraction of sp³-hybridized carbons (Fsp3) is 0.300. The number of benzene rings is 2. The number of para-hydroxylation sites is 1. The van der Waals surface area contributed by atoms with Crippen LogP contribution in [0, 0.1) is 6.92 Å². The summed E-state index contributed by atoms with van der Waals surface area (Å²) >= 11 is 7.90. The van der Waals surface area contributed by atoms with Crippen molar-refractivity contribution >= 4 is 44.7 Å². The van der Waals surface area contributed by atoms with Gasteiger partial charge in [-0.25, -0.2) is 4.98 Å². The summed E-state index contributed by atoms with van der Waals surface area (Å²) in [6.45, 7) is 3.37. The van der Waals surface area contributed by atoms with Crippen molar-refractivity contribution in [3.8, 4) is 0 Å². The van der Waals surface area contributed by atoms with E-state index in [0.29, 0.717) is 17.6 Å². The number of quaternary nitrogens is 1. The molecule has 1 fully saturated rings. The summed E-state index contributed by atoms with van der Waals surface area (Å²) in [6, 6.07) is 14.1. The lowest BCUT2D eigenvalue weighted by atomic mass is 10.2. The van der Waals surface area contributed by atoms with Gasteiger partial charge in [-0.15, -0.1) is 11.3 Å². The Morgan fingerprint density at radius 2 is 2.15 bits per heavy atom. The van der Waals surface area contributed by atoms with Crippen molar-refractivity contribution in [1.29, 1.82) is 0 Å². The monoisotopic (exact) mass is 386 g/mol. The molecule has 4 nitrogen and oxygen atoms in total. The highest BCUT2D eigenvalue weighted by atomic mass is 35.5. The highest BCUT2D eigenvalue weighted by molar-refractivity contribution is 7.18. The second kappa shape index (κ2) is 7.35. The molecule has 134 valence electrons. The molecule has 1 amide bonds. The molecule has 6 heteroatoms. The largest absolute Gasteiger partial charge is 0.321 e. The quantitative estimate of drug-likeness (QED) is 0.719. The molecule has 2 atom stereocenters. The maximum Gasteiger partial charge on any atom is 0.279 e. The van der Waals surface area contributed by atoms with Gasteiger partial charge in [-0.3, -0.25) is 4.79 Å². The molecule has 1 aliphatic heterocycles. The van der Waals surface area contributed by atoms with Crippen LogP contribution in [-0.4, -0.2) is 24.0 Å². The number of aromatic nitrogens is 1. The van der Waals surface area contributed by atoms with E-state index in [4.69, 9.17) is 16.6 Å². The predicted octanol–water partition coefficient (Wildman–Crippen LogP) is 3.62. The number of hydrogen-bond donors (Lipinski definition) is 2. The maximum absolute atomic E-state index is 12.6. The minimum atomic E-state index is 0.0263. The molecule has 1 aromatic heterocycles. The topological polar surface area (TPSA) is 46.4 Å². The fourth-order valence-electron chi connectivity index (χ4n) is 3.60. The van der Waals surface area contributed by atoms with E-state index in [0.717, 1.165) is 41.2 Å². The number of halogens is 1. The average molecular weight is 387 g/mol. The SMILES string of the molecule is Cc1c(Cl)cccc1NC(=O)C[NH+]1CCC[C@H]1c1nc2ccccc2s1. The molecule has 0 spiro atoms. The van der Waals surface area contributed by atoms with E-state index in [9.17, 15) is 4.79 Å². The molecule has 1 aliphatic rings. The first-order valence-electron chi connectivity index (χ1n) is 8.87. The summed E-state index contributed by atoms with van der Waals surface area (Å²) in [6.07, 6.45) is 2.21. The summed E-state index contributed by atoms with van der Waals surface area (Å²) < 4.78 is 1.22. The molecule has 0 saturated carbocycles. The third-order valence-corrected chi connectivity index (χ3v) is 6.58. The van der Waals surface area contributed by atoms with Gasteiger partial charge in [-0.1, -0.05) is 29.8 Å². The van der Waals surface area contributed by atoms with E-state index in [-0.39, 0.29) is 5.91 Å². The van der Waals surface area contributed by atoms with E-state index >= 15 is 0 Å². The van der Waals surface area contributed by atoms with Gasteiger partial charge in [0.1, 0.15) is 6.04 Å². The van der Waals surface area contributed by atoms with Gasteiger partial charge in [0.2, 0.25) is 0 Å². The highest BCUT2D eigenvalue weighted by Crippen LogP contribution is 2.28. The number of hydrogen-bond acceptors (Lipinski definition) is 3. The average Bonchev–Trinajstić information content (AvgIpc) is 3.25. The Kier molecular flexibility index (Phi) is 4.94. The van der Waals surface area contributed by atoms with Crippen molar-refractivity contribution in [1.82, 2.24) is 4.98 Å². The molecule has 2 heterocycles. The lowest BCUT2D eigenvalue weighted by molar-refractivity contribution is -0.910. The van der Waals surface area contributed by atoms with Gasteiger partial charge in [0.05, 0.1) is 16.8 Å². The molecule has 2 aromatic carbocycles. The number of carbonyl (C=O) groups is 1. The van der Waals surface area contributed by atoms with Crippen LogP contribution in [0.3, 0.4) is 0 Å². The second-order valence-corrected chi connectivity index (χ2v) is 8.23. The van der Waals surface area contributed by atoms with Crippen molar-refractivity contribution in [2.75, 3.05) is 18.4 Å². The molecule has 4 rings (SSSR count). The van der Waals surface area contributed by atoms with Crippen LogP contribution in [0.2, 0.25) is 5.02 Å². The molecular formula is C20H21ClN3OS+. The van der Waals surface area contributed by atoms with Crippen LogP contribution < -0.4 is 10.2 Å². The van der Waals surface area contributed by atoms with Crippen LogP contribution in [-0.2, 0) is 4.79 Å². The number of rotatable bonds is 4. The van der Waals surface area contributed by atoms with Crippen molar-refractivity contribution in [3.05, 3.63) is 58.1 Å². The summed E-state index contributed by atoms with van der Waals surface area (Å²) in [5.74, 6) is 0.0263. The summed E-state index contributed by atoms with van der Waals surface area (Å²) in [4.78, 5) is 18.7. The van der Waals surface area contributed by atoms with Crippen molar-refractivity contribution in [2.24, 2.45) is 0 Å². The number of thiazole rings is 1. The zero-order valence-electron chi connectivity index (χ0n) is 14.6. The number of likely N-dealkylation sites (tertiary alicyclic amines) is 1. The first-order valence-corrected chi connectivity index (χ1v) is 10.1. The van der Waals surface area contributed by atoms with Gasteiger partial charge in [-0.05, 0) is 36.8 Å². The van der Waals surface area contributed by atoms with Gasteiger partial charge < -0.3 is 10.2 Å². The zero-order chi connectivity index (χ0) is 18.1. The normalized spacial score (nSPS) is 19.8. The second-order valence-electron chi connectivity index (χ2n) is 6.76. The van der Waals surface area contributed by atoms with Gasteiger partial charge in [0.15, 0.2) is 11.6 Å². The van der Waals surface area contributed by atoms with Crippen LogP contribution in [0.15, 0.2) is 42.5 Å². The number of anilines is 1. The molecule has 0 bridgehead atoms. The minimum absolute atomic E-state index is 0.0263. The van der Waals surface area contributed by atoms with E-state index in [2.05, 4.69) is 17.4 Å². The summed E-state index contributed by atoms with van der Waals surface area (Å²) in [5.41, 5.74) is 2.75. The highest BCUT2D eigenvalue weighted by Gasteiger charge is 2.34. The Hall–Kier alpha value is -1.95. The summed E-state index contributed by atoms with van der Waals surface area (Å²) in [5, 5.41) is 4.83. The molecule has 1 unspecified atom stereocenters. The van der Waals surface area contributed by atoms with Gasteiger partial charge in [0.25, 0.3) is 5.91 Å². The van der Waals surface area contributed by atoms with E-state index in [1.807, 2.05) is 37.3 Å².